The van der Waals surface area contributed by atoms with E-state index < -0.39 is 29.5 Å². The summed E-state index contributed by atoms with van der Waals surface area (Å²) in [5, 5.41) is 22.9. The topological polar surface area (TPSA) is 127 Å². The number of amides is 3. The summed E-state index contributed by atoms with van der Waals surface area (Å²) in [6, 6.07) is 20.9. The number of carboxylic acid groups (broad SMARTS) is 2. The van der Waals surface area contributed by atoms with Crippen molar-refractivity contribution in [1.82, 2.24) is 0 Å². The molecule has 0 atom stereocenters. The first-order valence-corrected chi connectivity index (χ1v) is 9.50. The van der Waals surface area contributed by atoms with E-state index in [1.54, 1.807) is 24.3 Å². The maximum absolute atomic E-state index is 13.9. The number of hydrogen-bond donors (Lipinski definition) is 3. The van der Waals surface area contributed by atoms with Crippen LogP contribution in [0.25, 0.3) is 0 Å². The van der Waals surface area contributed by atoms with Gasteiger partial charge in [0.1, 0.15) is 0 Å². The summed E-state index contributed by atoms with van der Waals surface area (Å²) in [4.78, 5) is 53.6. The zero-order valence-corrected chi connectivity index (χ0v) is 16.5. The van der Waals surface area contributed by atoms with Crippen molar-refractivity contribution in [2.45, 2.75) is 5.66 Å². The van der Waals surface area contributed by atoms with Crippen LogP contribution in [0.15, 0.2) is 84.9 Å². The number of anilines is 3. The van der Waals surface area contributed by atoms with E-state index in [0.29, 0.717) is 9.80 Å². The molecule has 4 rings (SSSR count). The highest BCUT2D eigenvalue weighted by Crippen LogP contribution is 2.40. The lowest BCUT2D eigenvalue weighted by molar-refractivity contribution is -0.119. The zero-order valence-electron chi connectivity index (χ0n) is 16.5. The molecule has 9 heteroatoms. The first-order valence-electron chi connectivity index (χ1n) is 9.50. The second kappa shape index (κ2) is 7.88. The molecule has 0 radical (unpaired) electrons. The minimum absolute atomic E-state index is 0.0172. The number of nitrogens with zero attached hydrogens (tertiary/aromatic N) is 2. The van der Waals surface area contributed by atoms with Crippen molar-refractivity contribution < 1.29 is 29.4 Å². The third-order valence-corrected chi connectivity index (χ3v) is 5.11. The lowest BCUT2D eigenvalue weighted by Gasteiger charge is -2.47. The third-order valence-electron chi connectivity index (χ3n) is 5.11. The maximum Gasteiger partial charge on any atom is 0.414 e. The molecule has 9 nitrogen and oxygen atoms in total. The molecule has 3 aromatic rings. The van der Waals surface area contributed by atoms with E-state index in [2.05, 4.69) is 5.32 Å². The van der Waals surface area contributed by atoms with Gasteiger partial charge in [0.15, 0.2) is 0 Å². The number of benzene rings is 3. The normalized spacial score (nSPS) is 14.1. The number of hydrogen-bond acceptors (Lipinski definition) is 4. The first-order chi connectivity index (χ1) is 15.4. The molecule has 0 fully saturated rings. The number of rotatable bonds is 4. The van der Waals surface area contributed by atoms with Gasteiger partial charge in [0.2, 0.25) is 5.78 Å². The summed E-state index contributed by atoms with van der Waals surface area (Å²) in [7, 11) is 0. The first kappa shape index (κ1) is 20.6. The molecule has 3 N–H and O–H groups in total. The molecule has 0 aliphatic carbocycles. The SMILES string of the molecule is O=C(O)N(c1ccccc1)C1(N(C(=O)O)c2ccccc2)C(=O)Nc2ccccc2C1=O. The van der Waals surface area contributed by atoms with Crippen molar-refractivity contribution in [3.8, 4) is 0 Å². The van der Waals surface area contributed by atoms with Gasteiger partial charge < -0.3 is 15.5 Å². The standard InChI is InChI=1S/C23H17N3O6/c27-19-17-13-7-8-14-18(17)24-20(28)23(19,25(21(29)30)15-9-3-1-4-10-15)26(22(31)32)16-11-5-2-6-12-16/h1-14H,(H,24,28)(H,29,30)(H,31,32). The van der Waals surface area contributed by atoms with Gasteiger partial charge in [-0.3, -0.25) is 9.59 Å². The summed E-state index contributed by atoms with van der Waals surface area (Å²) in [5.74, 6) is -2.10. The summed E-state index contributed by atoms with van der Waals surface area (Å²) in [5.41, 5.74) is -2.75. The van der Waals surface area contributed by atoms with Crippen LogP contribution in [0.1, 0.15) is 10.4 Å². The average Bonchev–Trinajstić information content (AvgIpc) is 2.78. The summed E-state index contributed by atoms with van der Waals surface area (Å²) >= 11 is 0. The van der Waals surface area contributed by atoms with E-state index in [1.807, 2.05) is 0 Å². The fourth-order valence-corrected chi connectivity index (χ4v) is 3.82. The number of ketones is 1. The molecule has 0 spiro atoms. The van der Waals surface area contributed by atoms with E-state index in [9.17, 15) is 29.4 Å². The van der Waals surface area contributed by atoms with Crippen molar-refractivity contribution in [3.05, 3.63) is 90.5 Å². The van der Waals surface area contributed by atoms with Gasteiger partial charge in [-0.25, -0.2) is 19.4 Å². The summed E-state index contributed by atoms with van der Waals surface area (Å²) in [6.07, 6.45) is -3.36. The van der Waals surface area contributed by atoms with Gasteiger partial charge >= 0.3 is 12.2 Å². The van der Waals surface area contributed by atoms with Crippen LogP contribution in [0.4, 0.5) is 26.7 Å². The molecule has 0 bridgehead atoms. The number of para-hydroxylation sites is 3. The average molecular weight is 431 g/mol. The van der Waals surface area contributed by atoms with Gasteiger partial charge in [-0.15, -0.1) is 0 Å². The smallest absolute Gasteiger partial charge is 0.414 e. The molecule has 0 saturated heterocycles. The number of carbonyl (C=O) groups excluding carboxylic acids is 2. The van der Waals surface area contributed by atoms with Crippen LogP contribution in [-0.2, 0) is 4.79 Å². The highest BCUT2D eigenvalue weighted by atomic mass is 16.4. The van der Waals surface area contributed by atoms with Crippen molar-refractivity contribution in [1.29, 1.82) is 0 Å². The largest absolute Gasteiger partial charge is 0.465 e. The molecule has 1 aliphatic rings. The van der Waals surface area contributed by atoms with Gasteiger partial charge in [0.05, 0.1) is 17.1 Å². The monoisotopic (exact) mass is 431 g/mol. The van der Waals surface area contributed by atoms with E-state index in [4.69, 9.17) is 0 Å². The van der Waals surface area contributed by atoms with E-state index >= 15 is 0 Å². The zero-order chi connectivity index (χ0) is 22.9. The van der Waals surface area contributed by atoms with Gasteiger partial charge in [-0.2, -0.15) is 0 Å². The molecule has 0 aromatic heterocycles. The van der Waals surface area contributed by atoms with Crippen LogP contribution in [0, 0.1) is 0 Å². The molecule has 160 valence electrons. The van der Waals surface area contributed by atoms with Crippen LogP contribution >= 0.6 is 0 Å². The van der Waals surface area contributed by atoms with Gasteiger partial charge in [-0.05, 0) is 36.4 Å². The molecule has 3 amide bonds. The second-order valence-corrected chi connectivity index (χ2v) is 6.91. The molecule has 1 heterocycles. The quantitative estimate of drug-likeness (QED) is 0.425. The highest BCUT2D eigenvalue weighted by Gasteiger charge is 2.63. The Hall–Kier alpha value is -4.66. The van der Waals surface area contributed by atoms with E-state index in [-0.39, 0.29) is 22.6 Å². The molecular weight excluding hydrogens is 414 g/mol. The van der Waals surface area contributed by atoms with Gasteiger partial charge in [0.25, 0.3) is 11.6 Å². The number of nitrogens with one attached hydrogen (secondary N) is 1. The second-order valence-electron chi connectivity index (χ2n) is 6.91. The Morgan fingerprint density at radius 2 is 1.12 bits per heavy atom. The molecule has 1 aliphatic heterocycles. The van der Waals surface area contributed by atoms with Crippen molar-refractivity contribution in [3.63, 3.8) is 0 Å². The molecule has 32 heavy (non-hydrogen) atoms. The van der Waals surface area contributed by atoms with Crippen molar-refractivity contribution in [2.75, 3.05) is 15.1 Å². The van der Waals surface area contributed by atoms with E-state index in [1.165, 1.54) is 60.7 Å². The lowest BCUT2D eigenvalue weighted by atomic mass is 9.87. The summed E-state index contributed by atoms with van der Waals surface area (Å²) in [6.45, 7) is 0. The molecular formula is C23H17N3O6. The Morgan fingerprint density at radius 1 is 0.688 bits per heavy atom. The third kappa shape index (κ3) is 3.03. The fourth-order valence-electron chi connectivity index (χ4n) is 3.82. The Bertz CT molecular complexity index is 1160. The van der Waals surface area contributed by atoms with Crippen LogP contribution in [0.5, 0.6) is 0 Å². The fraction of sp³-hybridized carbons (Fsp3) is 0.0435. The maximum atomic E-state index is 13.9. The predicted molar refractivity (Wildman–Crippen MR) is 116 cm³/mol. The minimum atomic E-state index is -2.80. The Morgan fingerprint density at radius 3 is 1.59 bits per heavy atom. The van der Waals surface area contributed by atoms with Crippen LogP contribution < -0.4 is 15.1 Å². The lowest BCUT2D eigenvalue weighted by Crippen LogP contribution is -2.75. The van der Waals surface area contributed by atoms with Gasteiger partial charge in [0, 0.05) is 5.56 Å². The van der Waals surface area contributed by atoms with Crippen LogP contribution in [0.2, 0.25) is 0 Å². The van der Waals surface area contributed by atoms with Crippen LogP contribution in [-0.4, -0.2) is 39.8 Å². The van der Waals surface area contributed by atoms with Crippen molar-refractivity contribution in [2.24, 2.45) is 0 Å². The Labute approximate surface area is 182 Å². The van der Waals surface area contributed by atoms with E-state index in [0.717, 1.165) is 0 Å². The Kier molecular flexibility index (Phi) is 5.07. The number of fused-ring (bicyclic) bond motifs is 1. The molecule has 3 aromatic carbocycles. The Balaban J connectivity index is 2.10. The highest BCUT2D eigenvalue weighted by molar-refractivity contribution is 6.34. The summed E-state index contributed by atoms with van der Waals surface area (Å²) < 4.78 is 0. The number of carbonyl (C=O) groups is 4. The molecule has 0 unspecified atom stereocenters. The minimum Gasteiger partial charge on any atom is -0.465 e. The predicted octanol–water partition coefficient (Wildman–Crippen LogP) is 3.89. The number of Topliss-reactive ketones (excluding diaryl/α,β-unsaturated/α-hetero) is 1. The van der Waals surface area contributed by atoms with Crippen molar-refractivity contribution >= 4 is 40.9 Å². The van der Waals surface area contributed by atoms with Crippen LogP contribution in [0.3, 0.4) is 0 Å². The van der Waals surface area contributed by atoms with Gasteiger partial charge in [-0.1, -0.05) is 48.5 Å². The molecule has 0 saturated carbocycles.